The fourth-order valence-electron chi connectivity index (χ4n) is 3.47. The van der Waals surface area contributed by atoms with Gasteiger partial charge >= 0.3 is 6.09 Å². The Bertz CT molecular complexity index is 1050. The summed E-state index contributed by atoms with van der Waals surface area (Å²) >= 11 is 1.24. The van der Waals surface area contributed by atoms with Crippen molar-refractivity contribution < 1.29 is 18.7 Å². The molecular weight excluding hydrogens is 397 g/mol. The summed E-state index contributed by atoms with van der Waals surface area (Å²) in [7, 11) is 0. The van der Waals surface area contributed by atoms with E-state index in [9.17, 15) is 14.0 Å². The minimum absolute atomic E-state index is 0.0629. The van der Waals surface area contributed by atoms with Gasteiger partial charge in [0.05, 0.1) is 35.8 Å². The first kappa shape index (κ1) is 19.3. The number of rotatable bonds is 5. The van der Waals surface area contributed by atoms with E-state index in [1.807, 2.05) is 0 Å². The molecule has 2 amide bonds. The van der Waals surface area contributed by atoms with E-state index in [4.69, 9.17) is 4.74 Å². The van der Waals surface area contributed by atoms with Crippen molar-refractivity contribution in [2.75, 3.05) is 18.5 Å². The summed E-state index contributed by atoms with van der Waals surface area (Å²) in [5.41, 5.74) is 1.88. The predicted octanol–water partition coefficient (Wildman–Crippen LogP) is 3.63. The van der Waals surface area contributed by atoms with E-state index < -0.39 is 6.09 Å². The van der Waals surface area contributed by atoms with Crippen molar-refractivity contribution in [3.8, 4) is 0 Å². The Labute approximate surface area is 170 Å². The predicted molar refractivity (Wildman–Crippen MR) is 106 cm³/mol. The minimum atomic E-state index is -0.569. The number of aromatic amines is 1. The molecule has 4 rings (SSSR count). The maximum absolute atomic E-state index is 13.4. The minimum Gasteiger partial charge on any atom is -0.450 e. The molecular formula is C19H20FN5O3S. The summed E-state index contributed by atoms with van der Waals surface area (Å²) in [6, 6.07) is 4.22. The number of carbonyl (C=O) groups excluding carboxylic acids is 2. The van der Waals surface area contributed by atoms with Crippen LogP contribution in [0, 0.1) is 5.82 Å². The molecule has 1 aliphatic heterocycles. The van der Waals surface area contributed by atoms with Crippen LogP contribution in [-0.4, -0.2) is 45.0 Å². The quantitative estimate of drug-likeness (QED) is 0.660. The van der Waals surface area contributed by atoms with E-state index >= 15 is 0 Å². The first-order chi connectivity index (χ1) is 14.0. The number of nitrogens with one attached hydrogen (secondary N) is 2. The lowest BCUT2D eigenvalue weighted by molar-refractivity contribution is -0.131. The molecule has 1 fully saturated rings. The number of nitrogens with zero attached hydrogens (tertiary/aromatic N) is 3. The number of hydrogen-bond donors (Lipinski definition) is 2. The highest BCUT2D eigenvalue weighted by molar-refractivity contribution is 7.13. The van der Waals surface area contributed by atoms with Gasteiger partial charge in [0.25, 0.3) is 0 Å². The summed E-state index contributed by atoms with van der Waals surface area (Å²) in [6.45, 7) is 2.62. The monoisotopic (exact) mass is 417 g/mol. The molecule has 10 heteroatoms. The number of aromatic nitrogens is 3. The lowest BCUT2D eigenvalue weighted by Crippen LogP contribution is -2.32. The number of carbonyl (C=O) groups is 2. The zero-order chi connectivity index (χ0) is 20.4. The highest BCUT2D eigenvalue weighted by Gasteiger charge is 2.32. The van der Waals surface area contributed by atoms with Crippen LogP contribution in [0.1, 0.15) is 37.3 Å². The molecule has 0 saturated carbocycles. The van der Waals surface area contributed by atoms with Gasteiger partial charge in [0.2, 0.25) is 5.91 Å². The zero-order valence-corrected chi connectivity index (χ0v) is 16.6. The van der Waals surface area contributed by atoms with E-state index in [1.54, 1.807) is 23.3 Å². The number of anilines is 1. The van der Waals surface area contributed by atoms with Gasteiger partial charge in [-0.2, -0.15) is 0 Å². The Hall–Kier alpha value is -3.01. The van der Waals surface area contributed by atoms with Gasteiger partial charge in [-0.15, -0.1) is 11.3 Å². The summed E-state index contributed by atoms with van der Waals surface area (Å²) < 4.78 is 18.3. The summed E-state index contributed by atoms with van der Waals surface area (Å²) in [6.07, 6.45) is 1.22. The summed E-state index contributed by atoms with van der Waals surface area (Å²) in [4.78, 5) is 38.1. The number of ether oxygens (including phenoxy) is 1. The van der Waals surface area contributed by atoms with Crippen molar-refractivity contribution in [2.24, 2.45) is 0 Å². The van der Waals surface area contributed by atoms with Gasteiger partial charge in [0.1, 0.15) is 11.6 Å². The average molecular weight is 417 g/mol. The summed E-state index contributed by atoms with van der Waals surface area (Å²) in [5, 5.41) is 4.67. The second-order valence-corrected chi connectivity index (χ2v) is 7.55. The molecule has 8 nitrogen and oxygen atoms in total. The van der Waals surface area contributed by atoms with Gasteiger partial charge in [-0.05, 0) is 38.0 Å². The molecule has 1 atom stereocenters. The highest BCUT2D eigenvalue weighted by Crippen LogP contribution is 2.32. The molecule has 0 spiro atoms. The second-order valence-electron chi connectivity index (χ2n) is 6.69. The van der Waals surface area contributed by atoms with Crippen molar-refractivity contribution >= 4 is 39.5 Å². The van der Waals surface area contributed by atoms with Gasteiger partial charge in [-0.3, -0.25) is 10.1 Å². The molecule has 3 aromatic rings. The summed E-state index contributed by atoms with van der Waals surface area (Å²) in [5.74, 6) is 0.273. The van der Waals surface area contributed by atoms with Crippen LogP contribution in [0.2, 0.25) is 0 Å². The van der Waals surface area contributed by atoms with Crippen LogP contribution >= 0.6 is 11.3 Å². The Morgan fingerprint density at radius 3 is 3.10 bits per heavy atom. The maximum Gasteiger partial charge on any atom is 0.413 e. The molecule has 29 heavy (non-hydrogen) atoms. The highest BCUT2D eigenvalue weighted by atomic mass is 32.1. The van der Waals surface area contributed by atoms with Gasteiger partial charge in [0.15, 0.2) is 5.13 Å². The van der Waals surface area contributed by atoms with Gasteiger partial charge < -0.3 is 14.6 Å². The first-order valence-electron chi connectivity index (χ1n) is 9.36. The van der Waals surface area contributed by atoms with E-state index in [0.717, 1.165) is 12.8 Å². The first-order valence-corrected chi connectivity index (χ1v) is 10.2. The zero-order valence-electron chi connectivity index (χ0n) is 15.8. The molecule has 3 heterocycles. The van der Waals surface area contributed by atoms with E-state index in [1.165, 1.54) is 23.5 Å². The van der Waals surface area contributed by atoms with Crippen molar-refractivity contribution in [1.29, 1.82) is 0 Å². The topological polar surface area (TPSA) is 100 Å². The Balaban J connectivity index is 1.45. The fraction of sp³-hybridized carbons (Fsp3) is 0.368. The third-order valence-corrected chi connectivity index (χ3v) is 5.53. The molecule has 1 saturated heterocycles. The number of likely N-dealkylation sites (tertiary alicyclic amines) is 1. The molecule has 0 aliphatic carbocycles. The van der Waals surface area contributed by atoms with Gasteiger partial charge in [-0.1, -0.05) is 0 Å². The second kappa shape index (κ2) is 8.16. The van der Waals surface area contributed by atoms with E-state index in [-0.39, 0.29) is 30.8 Å². The van der Waals surface area contributed by atoms with E-state index in [2.05, 4.69) is 20.3 Å². The smallest absolute Gasteiger partial charge is 0.413 e. The number of fused-ring (bicyclic) bond motifs is 1. The number of H-pyrrole nitrogens is 1. The van der Waals surface area contributed by atoms with Crippen LogP contribution in [0.25, 0.3) is 11.0 Å². The van der Waals surface area contributed by atoms with Crippen molar-refractivity contribution in [2.45, 2.75) is 32.2 Å². The van der Waals surface area contributed by atoms with Crippen LogP contribution < -0.4 is 5.32 Å². The van der Waals surface area contributed by atoms with Crippen LogP contribution in [0.3, 0.4) is 0 Å². The Morgan fingerprint density at radius 1 is 1.41 bits per heavy atom. The molecule has 1 unspecified atom stereocenters. The number of halogens is 1. The van der Waals surface area contributed by atoms with Crippen LogP contribution in [-0.2, 0) is 16.0 Å². The molecule has 0 radical (unpaired) electrons. The molecule has 2 N–H and O–H groups in total. The molecule has 1 aliphatic rings. The molecule has 152 valence electrons. The Kier molecular flexibility index (Phi) is 5.43. The number of thiazole rings is 1. The normalized spacial score (nSPS) is 16.3. The fourth-order valence-corrected chi connectivity index (χ4v) is 4.16. The van der Waals surface area contributed by atoms with Crippen molar-refractivity contribution in [3.05, 3.63) is 40.9 Å². The van der Waals surface area contributed by atoms with Crippen LogP contribution in [0.5, 0.6) is 0 Å². The SMILES string of the molecule is CCOC(=O)Nc1nc(CC(=O)N2CCCC2c2nc3ccc(F)cc3[nH]2)cs1. The lowest BCUT2D eigenvalue weighted by Gasteiger charge is -2.22. The standard InChI is InChI=1S/C19H20FN5O3S/c1-2-28-19(27)24-18-21-12(10-29-18)9-16(26)25-7-3-4-15(25)17-22-13-6-5-11(20)8-14(13)23-17/h5-6,8,10,15H,2-4,7,9H2,1H3,(H,22,23)(H,21,24,27). The molecule has 1 aromatic carbocycles. The van der Waals surface area contributed by atoms with E-state index in [0.29, 0.717) is 34.2 Å². The number of amides is 2. The number of hydrogen-bond acceptors (Lipinski definition) is 6. The largest absolute Gasteiger partial charge is 0.450 e. The van der Waals surface area contributed by atoms with Crippen LogP contribution in [0.4, 0.5) is 14.3 Å². The average Bonchev–Trinajstić information content (AvgIpc) is 3.40. The van der Waals surface area contributed by atoms with Gasteiger partial charge in [0, 0.05) is 11.9 Å². The van der Waals surface area contributed by atoms with Crippen molar-refractivity contribution in [1.82, 2.24) is 19.9 Å². The van der Waals surface area contributed by atoms with Crippen molar-refractivity contribution in [3.63, 3.8) is 0 Å². The number of benzene rings is 1. The van der Waals surface area contributed by atoms with Gasteiger partial charge in [-0.25, -0.2) is 19.2 Å². The third kappa shape index (κ3) is 4.21. The Morgan fingerprint density at radius 2 is 2.28 bits per heavy atom. The lowest BCUT2D eigenvalue weighted by atomic mass is 10.2. The maximum atomic E-state index is 13.4. The molecule has 0 bridgehead atoms. The third-order valence-electron chi connectivity index (χ3n) is 4.72. The molecule has 2 aromatic heterocycles. The van der Waals surface area contributed by atoms with Crippen LogP contribution in [0.15, 0.2) is 23.6 Å². The number of imidazole rings is 1.